The highest BCUT2D eigenvalue weighted by Crippen LogP contribution is 2.24. The third-order valence-corrected chi connectivity index (χ3v) is 1.98. The Morgan fingerprint density at radius 2 is 2.21 bits per heavy atom. The van der Waals surface area contributed by atoms with E-state index in [1.165, 1.54) is 0 Å². The van der Waals surface area contributed by atoms with E-state index >= 15 is 0 Å². The molecule has 0 aliphatic rings. The van der Waals surface area contributed by atoms with Crippen molar-refractivity contribution in [3.05, 3.63) is 42.1 Å². The van der Waals surface area contributed by atoms with Crippen LogP contribution >= 0.6 is 11.6 Å². The van der Waals surface area contributed by atoms with E-state index in [0.717, 1.165) is 11.3 Å². The molecule has 0 heterocycles. The number of rotatable bonds is 5. The zero-order valence-corrected chi connectivity index (χ0v) is 8.88. The lowest BCUT2D eigenvalue weighted by molar-refractivity contribution is 0.146. The zero-order valence-electron chi connectivity index (χ0n) is 8.13. The molecule has 0 saturated heterocycles. The molecule has 0 aliphatic heterocycles. The molecule has 1 aromatic carbocycles. The number of halogens is 1. The summed E-state index contributed by atoms with van der Waals surface area (Å²) in [6.07, 6.45) is 1.73. The van der Waals surface area contributed by atoms with Crippen LogP contribution in [0.3, 0.4) is 0 Å². The molecule has 1 aromatic rings. The summed E-state index contributed by atoms with van der Waals surface area (Å²) >= 11 is 5.84. The molecule has 0 radical (unpaired) electrons. The summed E-state index contributed by atoms with van der Waals surface area (Å²) in [5, 5.41) is 0.656. The van der Waals surface area contributed by atoms with Crippen molar-refractivity contribution in [3.63, 3.8) is 0 Å². The summed E-state index contributed by atoms with van der Waals surface area (Å²) in [7, 11) is 1.63. The molecule has 2 nitrogen and oxygen atoms in total. The van der Waals surface area contributed by atoms with Crippen molar-refractivity contribution in [1.82, 2.24) is 0 Å². The fourth-order valence-corrected chi connectivity index (χ4v) is 1.20. The number of ether oxygens (including phenoxy) is 2. The van der Waals surface area contributed by atoms with Gasteiger partial charge in [0, 0.05) is 19.2 Å². The van der Waals surface area contributed by atoms with E-state index in [2.05, 4.69) is 6.92 Å². The molecule has 0 N–H and O–H groups in total. The van der Waals surface area contributed by atoms with Gasteiger partial charge in [0.15, 0.2) is 0 Å². The van der Waals surface area contributed by atoms with Gasteiger partial charge < -0.3 is 9.47 Å². The molecular formula is C11H13ClO2. The Kier molecular flexibility index (Phi) is 4.63. The smallest absolute Gasteiger partial charge is 0.230 e. The first kappa shape index (κ1) is 11.2. The second-order valence-electron chi connectivity index (χ2n) is 2.73. The van der Waals surface area contributed by atoms with Crippen molar-refractivity contribution in [2.75, 3.05) is 20.3 Å². The van der Waals surface area contributed by atoms with E-state index in [1.54, 1.807) is 19.6 Å². The average Bonchev–Trinajstić information content (AvgIpc) is 2.19. The van der Waals surface area contributed by atoms with Gasteiger partial charge in [0.05, 0.1) is 17.7 Å². The van der Waals surface area contributed by atoms with E-state index < -0.39 is 0 Å². The SMILES string of the molecule is [CH2-][CH+]c1ccc(Cl)cc1OCCOC. The van der Waals surface area contributed by atoms with Crippen LogP contribution in [-0.4, -0.2) is 20.3 Å². The van der Waals surface area contributed by atoms with Gasteiger partial charge in [0.25, 0.3) is 0 Å². The Labute approximate surface area is 89.8 Å². The first-order valence-electron chi connectivity index (χ1n) is 4.31. The van der Waals surface area contributed by atoms with E-state index in [9.17, 15) is 0 Å². The predicted molar refractivity (Wildman–Crippen MR) is 57.6 cm³/mol. The van der Waals surface area contributed by atoms with Gasteiger partial charge in [-0.15, -0.1) is 6.42 Å². The summed E-state index contributed by atoms with van der Waals surface area (Å²) < 4.78 is 10.4. The van der Waals surface area contributed by atoms with Crippen molar-refractivity contribution in [2.45, 2.75) is 0 Å². The number of benzene rings is 1. The van der Waals surface area contributed by atoms with Gasteiger partial charge in [0.2, 0.25) is 5.75 Å². The van der Waals surface area contributed by atoms with E-state index in [-0.39, 0.29) is 0 Å². The van der Waals surface area contributed by atoms with Gasteiger partial charge in [-0.1, -0.05) is 11.6 Å². The summed E-state index contributed by atoms with van der Waals surface area (Å²) in [4.78, 5) is 0. The van der Waals surface area contributed by atoms with Crippen LogP contribution in [0.4, 0.5) is 0 Å². The fraction of sp³-hybridized carbons (Fsp3) is 0.273. The highest BCUT2D eigenvalue weighted by atomic mass is 35.5. The lowest BCUT2D eigenvalue weighted by Gasteiger charge is -2.04. The minimum absolute atomic E-state index is 0.512. The minimum Gasteiger partial charge on any atom is -0.432 e. The Bertz CT molecular complexity index is 287. The quantitative estimate of drug-likeness (QED) is 0.552. The minimum atomic E-state index is 0.512. The summed E-state index contributed by atoms with van der Waals surface area (Å²) in [5.41, 5.74) is 0.936. The summed E-state index contributed by atoms with van der Waals surface area (Å²) in [6.45, 7) is 4.77. The Hall–Kier alpha value is -0.860. The first-order chi connectivity index (χ1) is 6.77. The van der Waals surface area contributed by atoms with Gasteiger partial charge in [-0.25, -0.2) is 0 Å². The van der Waals surface area contributed by atoms with E-state index in [1.807, 2.05) is 12.1 Å². The molecule has 0 bridgehead atoms. The van der Waals surface area contributed by atoms with Crippen LogP contribution in [0, 0.1) is 13.3 Å². The van der Waals surface area contributed by atoms with Crippen molar-refractivity contribution >= 4 is 11.6 Å². The van der Waals surface area contributed by atoms with Crippen LogP contribution in [-0.2, 0) is 4.74 Å². The Morgan fingerprint density at radius 3 is 2.86 bits per heavy atom. The molecule has 1 rings (SSSR count). The van der Waals surface area contributed by atoms with Crippen LogP contribution in [0.15, 0.2) is 18.2 Å². The van der Waals surface area contributed by atoms with Crippen LogP contribution in [0.1, 0.15) is 5.56 Å². The maximum Gasteiger partial charge on any atom is 0.230 e. The second kappa shape index (κ2) is 5.78. The van der Waals surface area contributed by atoms with Gasteiger partial charge >= 0.3 is 0 Å². The van der Waals surface area contributed by atoms with Gasteiger partial charge in [-0.05, 0) is 0 Å². The summed E-state index contributed by atoms with van der Waals surface area (Å²) in [6, 6.07) is 5.45. The summed E-state index contributed by atoms with van der Waals surface area (Å²) in [5.74, 6) is 0.740. The molecule has 0 amide bonds. The molecule has 0 fully saturated rings. The standard InChI is InChI=1S/C11H13ClO2/c1-3-9-4-5-10(12)8-11(9)14-7-6-13-2/h3-5,8H,1,6-7H2,2H3. The topological polar surface area (TPSA) is 18.5 Å². The van der Waals surface area contributed by atoms with Crippen molar-refractivity contribution < 1.29 is 9.47 Å². The Balaban J connectivity index is 2.67. The third kappa shape index (κ3) is 3.13. The zero-order chi connectivity index (χ0) is 10.4. The third-order valence-electron chi connectivity index (χ3n) is 1.74. The van der Waals surface area contributed by atoms with Gasteiger partial charge in [-0.2, -0.15) is 0 Å². The number of hydrogen-bond acceptors (Lipinski definition) is 2. The monoisotopic (exact) mass is 212 g/mol. The van der Waals surface area contributed by atoms with Crippen LogP contribution in [0.2, 0.25) is 5.02 Å². The lowest BCUT2D eigenvalue weighted by Crippen LogP contribution is -2.05. The fourth-order valence-electron chi connectivity index (χ4n) is 1.04. The van der Waals surface area contributed by atoms with Crippen molar-refractivity contribution in [3.8, 4) is 5.75 Å². The average molecular weight is 213 g/mol. The van der Waals surface area contributed by atoms with E-state index in [4.69, 9.17) is 21.1 Å². The maximum absolute atomic E-state index is 5.84. The second-order valence-corrected chi connectivity index (χ2v) is 3.16. The molecule has 76 valence electrons. The molecule has 0 atom stereocenters. The van der Waals surface area contributed by atoms with Crippen LogP contribution < -0.4 is 4.74 Å². The van der Waals surface area contributed by atoms with E-state index in [0.29, 0.717) is 18.2 Å². The lowest BCUT2D eigenvalue weighted by atomic mass is 10.1. The highest BCUT2D eigenvalue weighted by Gasteiger charge is 2.09. The maximum atomic E-state index is 5.84. The molecule has 0 saturated carbocycles. The Morgan fingerprint density at radius 1 is 1.43 bits per heavy atom. The molecule has 14 heavy (non-hydrogen) atoms. The molecule has 0 aromatic heterocycles. The van der Waals surface area contributed by atoms with Crippen molar-refractivity contribution in [2.24, 2.45) is 0 Å². The molecular weight excluding hydrogens is 200 g/mol. The van der Waals surface area contributed by atoms with Crippen LogP contribution in [0.5, 0.6) is 5.75 Å². The molecule has 0 unspecified atom stereocenters. The normalized spacial score (nSPS) is 9.93. The largest absolute Gasteiger partial charge is 0.432 e. The molecule has 0 aliphatic carbocycles. The number of methoxy groups -OCH3 is 1. The number of hydrogen-bond donors (Lipinski definition) is 0. The molecule has 3 heteroatoms. The van der Waals surface area contributed by atoms with Gasteiger partial charge in [0.1, 0.15) is 12.2 Å². The van der Waals surface area contributed by atoms with Crippen molar-refractivity contribution in [1.29, 1.82) is 0 Å². The van der Waals surface area contributed by atoms with Crippen LogP contribution in [0.25, 0.3) is 0 Å². The molecule has 0 spiro atoms. The van der Waals surface area contributed by atoms with Gasteiger partial charge in [-0.3, -0.25) is 6.92 Å². The predicted octanol–water partition coefficient (Wildman–Crippen LogP) is 2.75. The highest BCUT2D eigenvalue weighted by molar-refractivity contribution is 6.30. The first-order valence-corrected chi connectivity index (χ1v) is 4.69.